The molecule has 0 unspecified atom stereocenters. The normalized spacial score (nSPS) is 10.1. The van der Waals surface area contributed by atoms with Gasteiger partial charge in [-0.3, -0.25) is 4.79 Å². The quantitative estimate of drug-likeness (QED) is 0.694. The van der Waals surface area contributed by atoms with Gasteiger partial charge in [0.05, 0.1) is 13.2 Å². The molecule has 0 fully saturated rings. The predicted octanol–water partition coefficient (Wildman–Crippen LogP) is 3.88. The van der Waals surface area contributed by atoms with Gasteiger partial charge in [0.2, 0.25) is 0 Å². The van der Waals surface area contributed by atoms with Crippen LogP contribution in [0.25, 0.3) is 0 Å². The Bertz CT molecular complexity index is 622. The number of hydrogen-bond acceptors (Lipinski definition) is 4. The van der Waals surface area contributed by atoms with E-state index in [1.165, 1.54) is 0 Å². The number of carbonyl (C=O) groups is 1. The van der Waals surface area contributed by atoms with Crippen molar-refractivity contribution in [1.82, 2.24) is 0 Å². The fraction of sp³-hybridized carbons (Fsp3) is 0.278. The number of rotatable bonds is 8. The van der Waals surface area contributed by atoms with Crippen molar-refractivity contribution >= 4 is 6.29 Å². The Morgan fingerprint density at radius 1 is 0.909 bits per heavy atom. The molecule has 2 aromatic rings. The molecule has 0 aliphatic rings. The van der Waals surface area contributed by atoms with Crippen molar-refractivity contribution in [3.05, 3.63) is 53.6 Å². The van der Waals surface area contributed by atoms with E-state index in [1.54, 1.807) is 18.2 Å². The van der Waals surface area contributed by atoms with E-state index in [9.17, 15) is 4.79 Å². The molecule has 2 rings (SSSR count). The van der Waals surface area contributed by atoms with Crippen molar-refractivity contribution in [2.75, 3.05) is 13.2 Å². The average Bonchev–Trinajstić information content (AvgIpc) is 2.55. The van der Waals surface area contributed by atoms with Gasteiger partial charge in [0.15, 0.2) is 11.5 Å². The summed E-state index contributed by atoms with van der Waals surface area (Å²) >= 11 is 0. The van der Waals surface area contributed by atoms with E-state index >= 15 is 0 Å². The zero-order valence-corrected chi connectivity index (χ0v) is 12.9. The number of carbonyl (C=O) groups excluding carboxylic acids is 1. The van der Waals surface area contributed by atoms with E-state index < -0.39 is 0 Å². The van der Waals surface area contributed by atoms with Gasteiger partial charge in [0.1, 0.15) is 18.6 Å². The van der Waals surface area contributed by atoms with E-state index in [2.05, 4.69) is 0 Å². The van der Waals surface area contributed by atoms with E-state index in [1.807, 2.05) is 38.1 Å². The Hall–Kier alpha value is -2.49. The van der Waals surface area contributed by atoms with Crippen molar-refractivity contribution in [1.29, 1.82) is 0 Å². The lowest BCUT2D eigenvalue weighted by Gasteiger charge is -2.13. The van der Waals surface area contributed by atoms with Gasteiger partial charge in [-0.2, -0.15) is 0 Å². The molecule has 4 nitrogen and oxygen atoms in total. The molecule has 4 heteroatoms. The molecule has 0 aliphatic heterocycles. The summed E-state index contributed by atoms with van der Waals surface area (Å²) in [7, 11) is 0. The summed E-state index contributed by atoms with van der Waals surface area (Å²) < 4.78 is 16.8. The van der Waals surface area contributed by atoms with Gasteiger partial charge in [-0.25, -0.2) is 0 Å². The Morgan fingerprint density at radius 3 is 2.41 bits per heavy atom. The fourth-order valence-corrected chi connectivity index (χ4v) is 2.03. The molecule has 0 aromatic heterocycles. The first-order valence-corrected chi connectivity index (χ1v) is 7.33. The smallest absolute Gasteiger partial charge is 0.161 e. The van der Waals surface area contributed by atoms with Crippen LogP contribution in [0.4, 0.5) is 0 Å². The first-order chi connectivity index (χ1) is 10.8. The summed E-state index contributed by atoms with van der Waals surface area (Å²) in [5.74, 6) is 2.11. The molecular formula is C18H20O4. The maximum absolute atomic E-state index is 10.8. The van der Waals surface area contributed by atoms with Crippen molar-refractivity contribution in [2.24, 2.45) is 0 Å². The topological polar surface area (TPSA) is 44.8 Å². The maximum Gasteiger partial charge on any atom is 0.161 e. The molecule has 22 heavy (non-hydrogen) atoms. The number of hydrogen-bond donors (Lipinski definition) is 0. The van der Waals surface area contributed by atoms with Crippen LogP contribution in [0.15, 0.2) is 42.5 Å². The monoisotopic (exact) mass is 300 g/mol. The number of benzene rings is 2. The van der Waals surface area contributed by atoms with Crippen molar-refractivity contribution < 1.29 is 19.0 Å². The Balaban J connectivity index is 2.08. The van der Waals surface area contributed by atoms with Crippen LogP contribution in [-0.4, -0.2) is 19.5 Å². The van der Waals surface area contributed by atoms with Crippen molar-refractivity contribution in [3.8, 4) is 17.2 Å². The van der Waals surface area contributed by atoms with Crippen LogP contribution in [0.1, 0.15) is 29.8 Å². The standard InChI is InChI=1S/C18H20O4/c1-3-20-17-9-8-15(11-18(17)21-4-2)13-22-16-7-5-6-14(10-16)12-19/h5-12H,3-4,13H2,1-2H3. The second-order valence-corrected chi connectivity index (χ2v) is 4.63. The van der Waals surface area contributed by atoms with E-state index in [-0.39, 0.29) is 0 Å². The lowest BCUT2D eigenvalue weighted by molar-refractivity contribution is 0.112. The van der Waals surface area contributed by atoms with E-state index in [0.29, 0.717) is 36.9 Å². The number of aldehydes is 1. The highest BCUT2D eigenvalue weighted by Crippen LogP contribution is 2.29. The second-order valence-electron chi connectivity index (χ2n) is 4.63. The molecule has 0 aliphatic carbocycles. The minimum Gasteiger partial charge on any atom is -0.490 e. The molecule has 2 aromatic carbocycles. The van der Waals surface area contributed by atoms with Crippen LogP contribution in [0, 0.1) is 0 Å². The largest absolute Gasteiger partial charge is 0.490 e. The van der Waals surface area contributed by atoms with Gasteiger partial charge in [-0.1, -0.05) is 18.2 Å². The Kier molecular flexibility index (Phi) is 5.83. The van der Waals surface area contributed by atoms with E-state index in [4.69, 9.17) is 14.2 Å². The average molecular weight is 300 g/mol. The van der Waals surface area contributed by atoms with Crippen LogP contribution < -0.4 is 14.2 Å². The lowest BCUT2D eigenvalue weighted by Crippen LogP contribution is -2.01. The molecule has 0 spiro atoms. The Labute approximate surface area is 130 Å². The molecule has 0 amide bonds. The highest BCUT2D eigenvalue weighted by Gasteiger charge is 2.07. The zero-order chi connectivity index (χ0) is 15.8. The van der Waals surface area contributed by atoms with Crippen LogP contribution in [-0.2, 0) is 6.61 Å². The van der Waals surface area contributed by atoms with Crippen molar-refractivity contribution in [2.45, 2.75) is 20.5 Å². The highest BCUT2D eigenvalue weighted by molar-refractivity contribution is 5.75. The molecule has 0 bridgehead atoms. The first-order valence-electron chi connectivity index (χ1n) is 7.33. The molecule has 0 atom stereocenters. The maximum atomic E-state index is 10.8. The summed E-state index contributed by atoms with van der Waals surface area (Å²) in [6.45, 7) is 5.44. The number of ether oxygens (including phenoxy) is 3. The Morgan fingerprint density at radius 2 is 1.68 bits per heavy atom. The molecule has 0 saturated carbocycles. The minimum absolute atomic E-state index is 0.398. The van der Waals surface area contributed by atoms with Gasteiger partial charge in [0.25, 0.3) is 0 Å². The summed E-state index contributed by atoms with van der Waals surface area (Å²) in [4.78, 5) is 10.8. The summed E-state index contributed by atoms with van der Waals surface area (Å²) in [5, 5.41) is 0. The third-order valence-corrected chi connectivity index (χ3v) is 3.01. The molecular weight excluding hydrogens is 280 g/mol. The minimum atomic E-state index is 0.398. The van der Waals surface area contributed by atoms with Gasteiger partial charge >= 0.3 is 0 Å². The predicted molar refractivity (Wildman–Crippen MR) is 84.9 cm³/mol. The van der Waals surface area contributed by atoms with Gasteiger partial charge in [-0.15, -0.1) is 0 Å². The van der Waals surface area contributed by atoms with Crippen LogP contribution in [0.3, 0.4) is 0 Å². The fourth-order valence-electron chi connectivity index (χ4n) is 2.03. The van der Waals surface area contributed by atoms with Gasteiger partial charge in [0, 0.05) is 5.56 Å². The van der Waals surface area contributed by atoms with E-state index in [0.717, 1.165) is 17.6 Å². The van der Waals surface area contributed by atoms with Crippen LogP contribution in [0.5, 0.6) is 17.2 Å². The zero-order valence-electron chi connectivity index (χ0n) is 12.9. The van der Waals surface area contributed by atoms with Gasteiger partial charge in [-0.05, 0) is 43.7 Å². The molecule has 116 valence electrons. The van der Waals surface area contributed by atoms with Gasteiger partial charge < -0.3 is 14.2 Å². The lowest BCUT2D eigenvalue weighted by atomic mass is 10.2. The molecule has 0 saturated heterocycles. The molecule has 0 heterocycles. The third-order valence-electron chi connectivity index (χ3n) is 3.01. The third kappa shape index (κ3) is 4.25. The van der Waals surface area contributed by atoms with Crippen molar-refractivity contribution in [3.63, 3.8) is 0 Å². The molecule has 0 N–H and O–H groups in total. The highest BCUT2D eigenvalue weighted by atomic mass is 16.5. The molecule has 0 radical (unpaired) electrons. The van der Waals surface area contributed by atoms with Crippen LogP contribution >= 0.6 is 0 Å². The second kappa shape index (κ2) is 8.08. The van der Waals surface area contributed by atoms with Crippen LogP contribution in [0.2, 0.25) is 0 Å². The summed E-state index contributed by atoms with van der Waals surface area (Å²) in [6, 6.07) is 12.8. The summed E-state index contributed by atoms with van der Waals surface area (Å²) in [5.41, 5.74) is 1.57. The SMILES string of the molecule is CCOc1ccc(COc2cccc(C=O)c2)cc1OCC. The summed E-state index contributed by atoms with van der Waals surface area (Å²) in [6.07, 6.45) is 0.803. The first kappa shape index (κ1) is 15.9.